The quantitative estimate of drug-likeness (QED) is 0.502. The van der Waals surface area contributed by atoms with E-state index in [0.29, 0.717) is 0 Å². The van der Waals surface area contributed by atoms with Gasteiger partial charge in [0, 0.05) is 11.0 Å². The highest BCUT2D eigenvalue weighted by molar-refractivity contribution is 5.81. The van der Waals surface area contributed by atoms with Crippen LogP contribution in [0.2, 0.25) is 0 Å². The van der Waals surface area contributed by atoms with Crippen molar-refractivity contribution in [2.45, 2.75) is 5.54 Å². The van der Waals surface area contributed by atoms with Crippen molar-refractivity contribution in [3.63, 3.8) is 0 Å². The average Bonchev–Trinajstić information content (AvgIpc) is 2.04. The van der Waals surface area contributed by atoms with Gasteiger partial charge >= 0.3 is 11.5 Å². The van der Waals surface area contributed by atoms with E-state index in [1.807, 2.05) is 0 Å². The summed E-state index contributed by atoms with van der Waals surface area (Å²) < 4.78 is 0. The molecule has 2 unspecified atom stereocenters. The zero-order valence-corrected chi connectivity index (χ0v) is 6.71. The monoisotopic (exact) mass is 182 g/mol. The number of nitrogens with zero attached hydrogens (tertiary/aromatic N) is 1. The molecule has 0 bridgehead atoms. The third kappa shape index (κ3) is 1.22. The third-order valence-electron chi connectivity index (χ3n) is 2.01. The van der Waals surface area contributed by atoms with Gasteiger partial charge in [0.15, 0.2) is 0 Å². The number of carbonyl (C=O) groups is 1. The van der Waals surface area contributed by atoms with Crippen LogP contribution in [0.3, 0.4) is 0 Å². The fourth-order valence-electron chi connectivity index (χ4n) is 1.18. The molecule has 13 heavy (non-hydrogen) atoms. The summed E-state index contributed by atoms with van der Waals surface area (Å²) in [6.45, 7) is 3.43. The molecule has 1 aliphatic carbocycles. The van der Waals surface area contributed by atoms with Crippen molar-refractivity contribution in [3.05, 3.63) is 41.3 Å². The lowest BCUT2D eigenvalue weighted by atomic mass is 9.82. The Bertz CT molecular complexity index is 291. The Hall–Kier alpha value is -1.65. The minimum absolute atomic E-state index is 0.826. The first-order valence-corrected chi connectivity index (χ1v) is 3.59. The van der Waals surface area contributed by atoms with Crippen molar-refractivity contribution in [2.75, 3.05) is 0 Å². The second-order valence-electron chi connectivity index (χ2n) is 2.74. The van der Waals surface area contributed by atoms with Gasteiger partial charge in [-0.05, 0) is 6.92 Å². The zero-order chi connectivity index (χ0) is 10.1. The van der Waals surface area contributed by atoms with Crippen molar-refractivity contribution in [1.82, 2.24) is 0 Å². The van der Waals surface area contributed by atoms with Gasteiger partial charge in [0.2, 0.25) is 0 Å². The van der Waals surface area contributed by atoms with Crippen LogP contribution < -0.4 is 0 Å². The van der Waals surface area contributed by atoms with Gasteiger partial charge in [0.05, 0.1) is 5.92 Å². The number of hydrogen-bond donors (Lipinski definition) is 1. The van der Waals surface area contributed by atoms with Gasteiger partial charge < -0.3 is 5.11 Å². The maximum absolute atomic E-state index is 10.8. The summed E-state index contributed by atoms with van der Waals surface area (Å²) in [5.41, 5.74) is -2.10. The van der Waals surface area contributed by atoms with Crippen LogP contribution in [0.15, 0.2) is 24.3 Å². The van der Waals surface area contributed by atoms with E-state index in [2.05, 4.69) is 6.92 Å². The molecule has 69 valence electrons. The fourth-order valence-corrected chi connectivity index (χ4v) is 1.18. The molecular weight excluding hydrogens is 174 g/mol. The summed E-state index contributed by atoms with van der Waals surface area (Å²) in [4.78, 5) is 20.6. The van der Waals surface area contributed by atoms with E-state index < -0.39 is 22.3 Å². The topological polar surface area (TPSA) is 80.4 Å². The van der Waals surface area contributed by atoms with E-state index in [9.17, 15) is 14.9 Å². The molecule has 0 saturated carbocycles. The molecule has 0 saturated heterocycles. The first-order chi connectivity index (χ1) is 6.01. The molecule has 5 heteroatoms. The number of rotatable bonds is 2. The van der Waals surface area contributed by atoms with Gasteiger partial charge in [0.25, 0.3) is 0 Å². The van der Waals surface area contributed by atoms with Crippen molar-refractivity contribution in [1.29, 1.82) is 0 Å². The smallest absolute Gasteiger partial charge is 0.387 e. The summed E-state index contributed by atoms with van der Waals surface area (Å²) in [5, 5.41) is 19.4. The number of aliphatic carboxylic acids is 1. The molecule has 2 atom stereocenters. The minimum Gasteiger partial charge on any atom is -0.476 e. The fraction of sp³-hybridized carbons (Fsp3) is 0.250. The first kappa shape index (κ1) is 9.44. The lowest BCUT2D eigenvalue weighted by Gasteiger charge is -2.23. The highest BCUT2D eigenvalue weighted by Gasteiger charge is 2.53. The SMILES string of the molecule is [CH2]C1C=CC=CC1(C(=O)O)[N+](=O)[O-]. The number of nitro groups is 1. The van der Waals surface area contributed by atoms with Crippen molar-refractivity contribution >= 4 is 5.97 Å². The second-order valence-corrected chi connectivity index (χ2v) is 2.74. The summed E-state index contributed by atoms with van der Waals surface area (Å²) in [6, 6.07) is 0. The third-order valence-corrected chi connectivity index (χ3v) is 2.01. The lowest BCUT2D eigenvalue weighted by molar-refractivity contribution is -0.546. The summed E-state index contributed by atoms with van der Waals surface area (Å²) in [7, 11) is 0. The maximum Gasteiger partial charge on any atom is 0.387 e. The summed E-state index contributed by atoms with van der Waals surface area (Å²) in [6.07, 6.45) is 5.34. The van der Waals surface area contributed by atoms with E-state index >= 15 is 0 Å². The molecule has 0 spiro atoms. The Labute approximate surface area is 74.5 Å². The highest BCUT2D eigenvalue weighted by Crippen LogP contribution is 2.27. The van der Waals surface area contributed by atoms with Gasteiger partial charge in [0.1, 0.15) is 0 Å². The molecule has 1 radical (unpaired) electrons. The number of allylic oxidation sites excluding steroid dienone is 2. The highest BCUT2D eigenvalue weighted by atomic mass is 16.6. The normalized spacial score (nSPS) is 31.6. The Balaban J connectivity index is 3.19. The van der Waals surface area contributed by atoms with E-state index in [0.717, 1.165) is 6.08 Å². The first-order valence-electron chi connectivity index (χ1n) is 3.59. The van der Waals surface area contributed by atoms with Crippen molar-refractivity contribution in [3.8, 4) is 0 Å². The Morgan fingerprint density at radius 1 is 1.62 bits per heavy atom. The van der Waals surface area contributed by atoms with Gasteiger partial charge in [-0.2, -0.15) is 0 Å². The Morgan fingerprint density at radius 3 is 2.54 bits per heavy atom. The van der Waals surface area contributed by atoms with Crippen LogP contribution in [0.5, 0.6) is 0 Å². The number of hydrogen-bond acceptors (Lipinski definition) is 3. The van der Waals surface area contributed by atoms with Crippen molar-refractivity contribution < 1.29 is 14.8 Å². The zero-order valence-electron chi connectivity index (χ0n) is 6.71. The van der Waals surface area contributed by atoms with E-state index in [1.54, 1.807) is 6.08 Å². The molecule has 0 heterocycles. The molecule has 1 rings (SSSR count). The predicted molar refractivity (Wildman–Crippen MR) is 44.5 cm³/mol. The van der Waals surface area contributed by atoms with E-state index in [1.165, 1.54) is 12.2 Å². The molecule has 5 nitrogen and oxygen atoms in total. The van der Waals surface area contributed by atoms with Crippen LogP contribution in [0.25, 0.3) is 0 Å². The van der Waals surface area contributed by atoms with Gasteiger partial charge in [-0.25, -0.2) is 4.79 Å². The van der Waals surface area contributed by atoms with Gasteiger partial charge in [-0.3, -0.25) is 10.1 Å². The second kappa shape index (κ2) is 3.01. The molecule has 0 aromatic carbocycles. The van der Waals surface area contributed by atoms with Crippen LogP contribution in [0, 0.1) is 23.0 Å². The maximum atomic E-state index is 10.8. The molecule has 0 fully saturated rings. The minimum atomic E-state index is -2.10. The summed E-state index contributed by atoms with van der Waals surface area (Å²) in [5.74, 6) is -2.37. The van der Waals surface area contributed by atoms with E-state index in [4.69, 9.17) is 5.11 Å². The van der Waals surface area contributed by atoms with Crippen LogP contribution in [-0.2, 0) is 4.79 Å². The molecule has 0 aliphatic heterocycles. The molecule has 1 aliphatic rings. The standard InChI is InChI=1S/C8H8NO4/c1-6-4-2-3-5-8(6,7(10)11)9(12)13/h2-6H,1H2,(H,10,11). The number of carboxylic acids is 1. The molecule has 0 aromatic heterocycles. The molecule has 0 amide bonds. The predicted octanol–water partition coefficient (Wildman–Crippen LogP) is 0.663. The van der Waals surface area contributed by atoms with Crippen LogP contribution in [0.1, 0.15) is 0 Å². The average molecular weight is 182 g/mol. The Kier molecular flexibility index (Phi) is 2.18. The lowest BCUT2D eigenvalue weighted by Crippen LogP contribution is -2.50. The molecular formula is C8H8NO4. The molecule has 0 aromatic rings. The molecule has 1 N–H and O–H groups in total. The van der Waals surface area contributed by atoms with Gasteiger partial charge in [-0.15, -0.1) is 0 Å². The van der Waals surface area contributed by atoms with Crippen LogP contribution in [0.4, 0.5) is 0 Å². The van der Waals surface area contributed by atoms with Crippen molar-refractivity contribution in [2.24, 2.45) is 5.92 Å². The largest absolute Gasteiger partial charge is 0.476 e. The van der Waals surface area contributed by atoms with Crippen LogP contribution in [-0.4, -0.2) is 21.5 Å². The van der Waals surface area contributed by atoms with Gasteiger partial charge in [-0.1, -0.05) is 18.2 Å². The van der Waals surface area contributed by atoms with Crippen LogP contribution >= 0.6 is 0 Å². The Morgan fingerprint density at radius 2 is 2.23 bits per heavy atom. The van der Waals surface area contributed by atoms with E-state index in [-0.39, 0.29) is 0 Å². The summed E-state index contributed by atoms with van der Waals surface area (Å²) >= 11 is 0. The number of carboxylic acid groups (broad SMARTS) is 1.